The van der Waals surface area contributed by atoms with Gasteiger partial charge in [-0.2, -0.15) is 0 Å². The van der Waals surface area contributed by atoms with Crippen molar-refractivity contribution >= 4 is 17.9 Å². The van der Waals surface area contributed by atoms with Crippen LogP contribution in [0.1, 0.15) is 258 Å². The largest absolute Gasteiger partial charge is 0.462 e. The van der Waals surface area contributed by atoms with Crippen LogP contribution in [0, 0.1) is 0 Å². The van der Waals surface area contributed by atoms with E-state index in [1.54, 1.807) is 0 Å². The Morgan fingerprint density at radius 2 is 0.591 bits per heavy atom. The van der Waals surface area contributed by atoms with Gasteiger partial charge in [0.2, 0.25) is 0 Å². The van der Waals surface area contributed by atoms with Crippen molar-refractivity contribution in [3.8, 4) is 0 Å². The first-order valence-corrected chi connectivity index (χ1v) is 27.7. The lowest BCUT2D eigenvalue weighted by molar-refractivity contribution is -0.167. The predicted octanol–water partition coefficient (Wildman–Crippen LogP) is 18.4. The van der Waals surface area contributed by atoms with E-state index < -0.39 is 6.10 Å². The molecule has 0 bridgehead atoms. The van der Waals surface area contributed by atoms with Crippen LogP contribution in [0.25, 0.3) is 0 Å². The third-order valence-corrected chi connectivity index (χ3v) is 11.9. The Morgan fingerprint density at radius 3 is 0.924 bits per heavy atom. The molecule has 6 nitrogen and oxygen atoms in total. The fourth-order valence-electron chi connectivity index (χ4n) is 7.72. The predicted molar refractivity (Wildman–Crippen MR) is 284 cm³/mol. The van der Waals surface area contributed by atoms with Crippen molar-refractivity contribution in [3.63, 3.8) is 0 Å². The van der Waals surface area contributed by atoms with E-state index in [1.165, 1.54) is 148 Å². The summed E-state index contributed by atoms with van der Waals surface area (Å²) in [5.41, 5.74) is 0. The van der Waals surface area contributed by atoms with Crippen LogP contribution in [0.3, 0.4) is 0 Å². The molecule has 6 heteroatoms. The van der Waals surface area contributed by atoms with Gasteiger partial charge in [0, 0.05) is 19.3 Å². The fourth-order valence-corrected chi connectivity index (χ4v) is 7.72. The molecule has 0 rings (SSSR count). The lowest BCUT2D eigenvalue weighted by Crippen LogP contribution is -2.30. The lowest BCUT2D eigenvalue weighted by atomic mass is 10.0. The van der Waals surface area contributed by atoms with Crippen LogP contribution in [0.5, 0.6) is 0 Å². The van der Waals surface area contributed by atoms with E-state index in [9.17, 15) is 14.4 Å². The standard InChI is InChI=1S/C60H102O6/c1-4-7-10-13-16-19-22-25-28-29-30-31-33-35-38-41-44-47-50-53-59(62)65-56-57(55-64-58(61)52-49-46-43-40-37-34-27-24-21-18-15-12-9-6-3)66-60(63)54-51-48-45-42-39-36-32-26-23-20-17-14-11-8-5-2/h7,10,13,16,19,22,25,28-31,33,35,38,57H,4-6,8-9,11-12,14-15,17-18,20-21,23-24,26-27,32,34,36-37,39-56H2,1-3H3/b10-7-,16-13-,22-19-,28-25-,30-29+,33-31-,38-35-. The molecular weight excluding hydrogens is 817 g/mol. The summed E-state index contributed by atoms with van der Waals surface area (Å²) in [7, 11) is 0. The first kappa shape index (κ1) is 62.6. The van der Waals surface area contributed by atoms with Gasteiger partial charge in [0.1, 0.15) is 13.2 Å². The molecule has 1 atom stereocenters. The minimum Gasteiger partial charge on any atom is -0.462 e. The normalized spacial score (nSPS) is 12.7. The van der Waals surface area contributed by atoms with E-state index >= 15 is 0 Å². The average molecular weight is 919 g/mol. The molecule has 0 radical (unpaired) electrons. The van der Waals surface area contributed by atoms with Crippen LogP contribution in [0.2, 0.25) is 0 Å². The maximum atomic E-state index is 12.8. The topological polar surface area (TPSA) is 78.9 Å². The average Bonchev–Trinajstić information content (AvgIpc) is 3.31. The van der Waals surface area contributed by atoms with Gasteiger partial charge in [0.15, 0.2) is 6.10 Å². The van der Waals surface area contributed by atoms with Crippen molar-refractivity contribution in [1.82, 2.24) is 0 Å². The highest BCUT2D eigenvalue weighted by Gasteiger charge is 2.19. The third-order valence-electron chi connectivity index (χ3n) is 11.9. The number of hydrogen-bond donors (Lipinski definition) is 0. The van der Waals surface area contributed by atoms with Crippen molar-refractivity contribution in [2.24, 2.45) is 0 Å². The van der Waals surface area contributed by atoms with Crippen LogP contribution in [-0.2, 0) is 28.6 Å². The Labute approximate surface area is 407 Å². The SMILES string of the molecule is CC\C=C/C=C\C=C/C=C\C=C\C=C/C=C\CCCCCC(=O)OCC(COC(=O)CCCCCCCCCCCCCCCC)OC(=O)CCCCCCCCCCCCCCCCC. The van der Waals surface area contributed by atoms with Crippen LogP contribution in [0.15, 0.2) is 85.1 Å². The molecule has 0 aliphatic heterocycles. The van der Waals surface area contributed by atoms with Crippen LogP contribution < -0.4 is 0 Å². The second-order valence-electron chi connectivity index (χ2n) is 18.3. The number of hydrogen-bond acceptors (Lipinski definition) is 6. The zero-order chi connectivity index (χ0) is 47.9. The van der Waals surface area contributed by atoms with Gasteiger partial charge in [-0.15, -0.1) is 0 Å². The van der Waals surface area contributed by atoms with Gasteiger partial charge in [-0.1, -0.05) is 286 Å². The first-order chi connectivity index (χ1) is 32.5. The van der Waals surface area contributed by atoms with Crippen molar-refractivity contribution in [2.75, 3.05) is 13.2 Å². The summed E-state index contributed by atoms with van der Waals surface area (Å²) in [6.07, 6.45) is 69.9. The van der Waals surface area contributed by atoms with Crippen LogP contribution in [0.4, 0.5) is 0 Å². The monoisotopic (exact) mass is 919 g/mol. The maximum Gasteiger partial charge on any atom is 0.306 e. The highest BCUT2D eigenvalue weighted by Crippen LogP contribution is 2.16. The van der Waals surface area contributed by atoms with Crippen molar-refractivity contribution < 1.29 is 28.6 Å². The Morgan fingerprint density at radius 1 is 0.318 bits per heavy atom. The van der Waals surface area contributed by atoms with Gasteiger partial charge in [-0.3, -0.25) is 14.4 Å². The third kappa shape index (κ3) is 51.6. The highest BCUT2D eigenvalue weighted by molar-refractivity contribution is 5.71. The molecule has 0 amide bonds. The molecule has 0 fully saturated rings. The first-order valence-electron chi connectivity index (χ1n) is 27.7. The Balaban J connectivity index is 4.47. The minimum absolute atomic E-state index is 0.0881. The molecule has 0 spiro atoms. The summed E-state index contributed by atoms with van der Waals surface area (Å²) in [5, 5.41) is 0. The molecule has 0 aromatic heterocycles. The molecule has 378 valence electrons. The summed E-state index contributed by atoms with van der Waals surface area (Å²) >= 11 is 0. The zero-order valence-corrected chi connectivity index (χ0v) is 43.2. The molecule has 0 aliphatic carbocycles. The highest BCUT2D eigenvalue weighted by atomic mass is 16.6. The van der Waals surface area contributed by atoms with Gasteiger partial charge in [0.25, 0.3) is 0 Å². The smallest absolute Gasteiger partial charge is 0.306 e. The van der Waals surface area contributed by atoms with Gasteiger partial charge in [-0.05, 0) is 38.5 Å². The van der Waals surface area contributed by atoms with E-state index in [2.05, 4.69) is 32.9 Å². The van der Waals surface area contributed by atoms with E-state index in [0.29, 0.717) is 19.3 Å². The van der Waals surface area contributed by atoms with Crippen molar-refractivity contribution in [3.05, 3.63) is 85.1 Å². The van der Waals surface area contributed by atoms with Gasteiger partial charge in [-0.25, -0.2) is 0 Å². The molecule has 0 N–H and O–H groups in total. The van der Waals surface area contributed by atoms with E-state index in [0.717, 1.165) is 70.6 Å². The Hall–Kier alpha value is -3.41. The Kier molecular flexibility index (Phi) is 51.4. The summed E-state index contributed by atoms with van der Waals surface area (Å²) in [6, 6.07) is 0. The number of rotatable bonds is 49. The van der Waals surface area contributed by atoms with Gasteiger partial charge in [0.05, 0.1) is 0 Å². The summed E-state index contributed by atoms with van der Waals surface area (Å²) in [4.78, 5) is 38.1. The zero-order valence-electron chi connectivity index (χ0n) is 43.2. The summed E-state index contributed by atoms with van der Waals surface area (Å²) in [6.45, 7) is 6.47. The second kappa shape index (κ2) is 54.2. The van der Waals surface area contributed by atoms with E-state index in [-0.39, 0.29) is 31.1 Å². The summed E-state index contributed by atoms with van der Waals surface area (Å²) < 4.78 is 16.8. The number of esters is 3. The van der Waals surface area contributed by atoms with Crippen LogP contribution >= 0.6 is 0 Å². The second-order valence-corrected chi connectivity index (χ2v) is 18.3. The molecule has 0 saturated heterocycles. The molecule has 0 aromatic rings. The quantitative estimate of drug-likeness (QED) is 0.0262. The molecular formula is C60H102O6. The van der Waals surface area contributed by atoms with Gasteiger partial charge >= 0.3 is 17.9 Å². The number of carbonyl (C=O) groups is 3. The number of carbonyl (C=O) groups excluding carboxylic acids is 3. The van der Waals surface area contributed by atoms with E-state index in [1.807, 2.05) is 72.9 Å². The molecule has 0 saturated carbocycles. The molecule has 0 aliphatic rings. The fraction of sp³-hybridized carbons (Fsp3) is 0.717. The summed E-state index contributed by atoms with van der Waals surface area (Å²) in [5.74, 6) is -0.926. The van der Waals surface area contributed by atoms with Gasteiger partial charge < -0.3 is 14.2 Å². The maximum absolute atomic E-state index is 12.8. The molecule has 0 heterocycles. The molecule has 1 unspecified atom stereocenters. The molecule has 0 aromatic carbocycles. The number of allylic oxidation sites excluding steroid dienone is 14. The number of unbranched alkanes of at least 4 members (excludes halogenated alkanes) is 30. The van der Waals surface area contributed by atoms with Crippen molar-refractivity contribution in [2.45, 2.75) is 264 Å². The van der Waals surface area contributed by atoms with Crippen LogP contribution in [-0.4, -0.2) is 37.2 Å². The van der Waals surface area contributed by atoms with Crippen molar-refractivity contribution in [1.29, 1.82) is 0 Å². The molecule has 66 heavy (non-hydrogen) atoms. The van der Waals surface area contributed by atoms with E-state index in [4.69, 9.17) is 14.2 Å². The lowest BCUT2D eigenvalue weighted by Gasteiger charge is -2.18. The Bertz CT molecular complexity index is 1290. The minimum atomic E-state index is -0.792. The number of ether oxygens (including phenoxy) is 3.